The minimum absolute atomic E-state index is 0.0774. The fraction of sp³-hybridized carbons (Fsp3) is 0.467. The molecular formula is C15H17ClN2O4. The van der Waals surface area contributed by atoms with Gasteiger partial charge >= 0.3 is 0 Å². The lowest BCUT2D eigenvalue weighted by Crippen LogP contribution is -2.32. The molecule has 6 nitrogen and oxygen atoms in total. The van der Waals surface area contributed by atoms with Gasteiger partial charge in [0.05, 0.1) is 11.3 Å². The van der Waals surface area contributed by atoms with E-state index in [9.17, 15) is 15.0 Å². The van der Waals surface area contributed by atoms with Gasteiger partial charge in [-0.2, -0.15) is 5.10 Å². The predicted octanol–water partition coefficient (Wildman–Crippen LogP) is 1.81. The van der Waals surface area contributed by atoms with E-state index in [1.165, 1.54) is 0 Å². The van der Waals surface area contributed by atoms with E-state index in [2.05, 4.69) is 10.5 Å². The van der Waals surface area contributed by atoms with E-state index in [1.807, 2.05) is 6.92 Å². The average molecular weight is 325 g/mol. The molecule has 0 saturated heterocycles. The number of carbonyl (C=O) groups is 1. The van der Waals surface area contributed by atoms with E-state index < -0.39 is 5.60 Å². The zero-order valence-corrected chi connectivity index (χ0v) is 12.9. The highest BCUT2D eigenvalue weighted by molar-refractivity contribution is 6.34. The summed E-state index contributed by atoms with van der Waals surface area (Å²) >= 11 is 6.14. The smallest absolute Gasteiger partial charge is 0.240 e. The number of hydrogen-bond acceptors (Lipinski definition) is 5. The van der Waals surface area contributed by atoms with Crippen LogP contribution in [0.25, 0.3) is 0 Å². The number of amides is 1. The molecule has 1 saturated carbocycles. The van der Waals surface area contributed by atoms with Crippen molar-refractivity contribution in [3.8, 4) is 11.5 Å². The van der Waals surface area contributed by atoms with Crippen molar-refractivity contribution in [2.45, 2.75) is 31.8 Å². The van der Waals surface area contributed by atoms with Crippen molar-refractivity contribution in [2.75, 3.05) is 6.61 Å². The fourth-order valence-electron chi connectivity index (χ4n) is 2.34. The fourth-order valence-corrected chi connectivity index (χ4v) is 2.56. The molecule has 2 aliphatic rings. The van der Waals surface area contributed by atoms with Gasteiger partial charge in [-0.05, 0) is 25.0 Å². The summed E-state index contributed by atoms with van der Waals surface area (Å²) in [7, 11) is 0. The molecule has 1 atom stereocenters. The van der Waals surface area contributed by atoms with Crippen molar-refractivity contribution in [2.24, 2.45) is 11.0 Å². The summed E-state index contributed by atoms with van der Waals surface area (Å²) in [6, 6.07) is 3.29. The van der Waals surface area contributed by atoms with Gasteiger partial charge in [0.25, 0.3) is 0 Å². The number of carbonyl (C=O) groups excluding carboxylic acids is 1. The van der Waals surface area contributed by atoms with E-state index in [1.54, 1.807) is 12.1 Å². The van der Waals surface area contributed by atoms with Crippen LogP contribution in [0.15, 0.2) is 17.2 Å². The van der Waals surface area contributed by atoms with Gasteiger partial charge in [0, 0.05) is 17.9 Å². The summed E-state index contributed by atoms with van der Waals surface area (Å²) in [5.41, 5.74) is 2.69. The first kappa shape index (κ1) is 15.1. The number of ether oxygens (including phenoxy) is 1. The van der Waals surface area contributed by atoms with Crippen LogP contribution < -0.4 is 10.2 Å². The number of hydrogen-bond donors (Lipinski definition) is 3. The minimum Gasteiger partial charge on any atom is -0.506 e. The molecule has 1 unspecified atom stereocenters. The third-order valence-corrected chi connectivity index (χ3v) is 4.30. The Kier molecular flexibility index (Phi) is 3.74. The molecule has 1 amide bonds. The molecule has 22 heavy (non-hydrogen) atoms. The number of phenolic OH excluding ortho intramolecular Hbond substituents is 1. The summed E-state index contributed by atoms with van der Waals surface area (Å²) in [6.45, 7) is 2.01. The van der Waals surface area contributed by atoms with Crippen molar-refractivity contribution in [1.82, 2.24) is 5.43 Å². The van der Waals surface area contributed by atoms with Gasteiger partial charge in [0.1, 0.15) is 23.1 Å². The lowest BCUT2D eigenvalue weighted by Gasteiger charge is -2.21. The van der Waals surface area contributed by atoms with Crippen molar-refractivity contribution >= 4 is 23.2 Å². The normalized spacial score (nSPS) is 22.8. The van der Waals surface area contributed by atoms with Gasteiger partial charge < -0.3 is 14.9 Å². The highest BCUT2D eigenvalue weighted by Crippen LogP contribution is 2.40. The van der Waals surface area contributed by atoms with Crippen LogP contribution in [0.3, 0.4) is 0 Å². The molecule has 0 radical (unpaired) electrons. The SMILES string of the molecule is CC1CC(=O)NN=C1c1ccc(OCC2(O)CC2)c(Cl)c1O. The topological polar surface area (TPSA) is 91.2 Å². The largest absolute Gasteiger partial charge is 0.506 e. The number of rotatable bonds is 4. The minimum atomic E-state index is -0.760. The Hall–Kier alpha value is -1.79. The first-order chi connectivity index (χ1) is 10.4. The van der Waals surface area contributed by atoms with Crippen molar-refractivity contribution in [1.29, 1.82) is 0 Å². The number of halogens is 1. The van der Waals surface area contributed by atoms with Crippen LogP contribution in [-0.4, -0.2) is 34.0 Å². The van der Waals surface area contributed by atoms with Crippen LogP contribution in [-0.2, 0) is 4.79 Å². The Morgan fingerprint density at radius 1 is 1.50 bits per heavy atom. The van der Waals surface area contributed by atoms with E-state index in [4.69, 9.17) is 16.3 Å². The molecule has 1 aliphatic carbocycles. The molecule has 0 bridgehead atoms. The highest BCUT2D eigenvalue weighted by Gasteiger charge is 2.41. The Morgan fingerprint density at radius 2 is 2.23 bits per heavy atom. The van der Waals surface area contributed by atoms with Crippen LogP contribution in [0.5, 0.6) is 11.5 Å². The number of phenols is 1. The maximum absolute atomic E-state index is 11.3. The lowest BCUT2D eigenvalue weighted by molar-refractivity contribution is -0.121. The Labute approximate surface area is 132 Å². The van der Waals surface area contributed by atoms with E-state index in [0.29, 0.717) is 36.3 Å². The molecule has 1 fully saturated rings. The molecule has 1 aromatic rings. The van der Waals surface area contributed by atoms with Gasteiger partial charge in [-0.1, -0.05) is 18.5 Å². The first-order valence-corrected chi connectivity index (χ1v) is 7.51. The van der Waals surface area contributed by atoms with Crippen LogP contribution >= 0.6 is 11.6 Å². The second-order valence-corrected chi connectivity index (χ2v) is 6.30. The average Bonchev–Trinajstić information content (AvgIpc) is 3.20. The number of benzene rings is 1. The third-order valence-electron chi connectivity index (χ3n) is 3.94. The second kappa shape index (κ2) is 5.44. The zero-order valence-electron chi connectivity index (χ0n) is 12.1. The third kappa shape index (κ3) is 2.89. The van der Waals surface area contributed by atoms with Gasteiger partial charge in [0.15, 0.2) is 0 Å². The molecule has 1 heterocycles. The quantitative estimate of drug-likeness (QED) is 0.787. The van der Waals surface area contributed by atoms with E-state index in [0.717, 1.165) is 0 Å². The Bertz CT molecular complexity index is 655. The van der Waals surface area contributed by atoms with Gasteiger partial charge in [-0.15, -0.1) is 0 Å². The summed E-state index contributed by atoms with van der Waals surface area (Å²) in [4.78, 5) is 11.3. The van der Waals surface area contributed by atoms with E-state index in [-0.39, 0.29) is 29.2 Å². The van der Waals surface area contributed by atoms with Gasteiger partial charge in [0.2, 0.25) is 5.91 Å². The van der Waals surface area contributed by atoms with Crippen LogP contribution in [0.4, 0.5) is 0 Å². The van der Waals surface area contributed by atoms with Gasteiger partial charge in [-0.25, -0.2) is 5.43 Å². The maximum atomic E-state index is 11.3. The Balaban J connectivity index is 1.84. The van der Waals surface area contributed by atoms with Crippen LogP contribution in [0, 0.1) is 5.92 Å². The molecule has 3 N–H and O–H groups in total. The standard InChI is InChI=1S/C15H17ClN2O4/c1-8-6-11(19)17-18-13(8)9-2-3-10(12(16)14(9)20)22-7-15(21)4-5-15/h2-3,8,20-21H,4-7H2,1H3,(H,17,19). The molecule has 3 rings (SSSR count). The highest BCUT2D eigenvalue weighted by atomic mass is 35.5. The maximum Gasteiger partial charge on any atom is 0.240 e. The van der Waals surface area contributed by atoms with Crippen molar-refractivity contribution < 1.29 is 19.7 Å². The number of hydrazone groups is 1. The number of nitrogens with one attached hydrogen (secondary N) is 1. The predicted molar refractivity (Wildman–Crippen MR) is 81.3 cm³/mol. The summed E-state index contributed by atoms with van der Waals surface area (Å²) in [5, 5.41) is 24.2. The molecule has 1 aromatic carbocycles. The molecule has 0 spiro atoms. The number of nitrogens with zero attached hydrogens (tertiary/aromatic N) is 1. The Morgan fingerprint density at radius 3 is 2.86 bits per heavy atom. The first-order valence-electron chi connectivity index (χ1n) is 7.13. The van der Waals surface area contributed by atoms with Crippen LogP contribution in [0.1, 0.15) is 31.7 Å². The van der Waals surface area contributed by atoms with Gasteiger partial charge in [-0.3, -0.25) is 4.79 Å². The molecule has 118 valence electrons. The lowest BCUT2D eigenvalue weighted by atomic mass is 9.93. The molecule has 7 heteroatoms. The van der Waals surface area contributed by atoms with Crippen molar-refractivity contribution in [3.05, 3.63) is 22.7 Å². The molecule has 1 aliphatic heterocycles. The molecule has 0 aromatic heterocycles. The van der Waals surface area contributed by atoms with Crippen LogP contribution in [0.2, 0.25) is 5.02 Å². The van der Waals surface area contributed by atoms with E-state index >= 15 is 0 Å². The molecular weight excluding hydrogens is 308 g/mol. The number of aliphatic hydroxyl groups is 1. The monoisotopic (exact) mass is 324 g/mol. The second-order valence-electron chi connectivity index (χ2n) is 5.92. The summed E-state index contributed by atoms with van der Waals surface area (Å²) < 4.78 is 5.48. The summed E-state index contributed by atoms with van der Waals surface area (Å²) in [6.07, 6.45) is 1.73. The summed E-state index contributed by atoms with van der Waals surface area (Å²) in [5.74, 6) is -0.0887. The van der Waals surface area contributed by atoms with Crippen molar-refractivity contribution in [3.63, 3.8) is 0 Å². The zero-order chi connectivity index (χ0) is 15.9. The number of aromatic hydroxyl groups is 1.